The number of carbonyl (C=O) groups excluding carboxylic acids is 3. The Balaban J connectivity index is 2.73. The molecular formula is C10H16N2O4. The van der Waals surface area contributed by atoms with Crippen LogP contribution in [0.5, 0.6) is 0 Å². The molecule has 1 N–H and O–H groups in total. The first-order valence-electron chi connectivity index (χ1n) is 5.07. The van der Waals surface area contributed by atoms with E-state index in [1.807, 2.05) is 0 Å². The molecule has 4 amide bonds. The number of carbonyl (C=O) groups is 3. The molecule has 0 aromatic carbocycles. The number of nitrogens with zero attached hydrogens (tertiary/aromatic N) is 1. The van der Waals surface area contributed by atoms with Crippen molar-refractivity contribution in [1.82, 2.24) is 10.2 Å². The number of ether oxygens (including phenoxy) is 1. The number of barbiturate groups is 1. The second kappa shape index (κ2) is 4.61. The Morgan fingerprint density at radius 3 is 2.50 bits per heavy atom. The van der Waals surface area contributed by atoms with E-state index >= 15 is 0 Å². The van der Waals surface area contributed by atoms with Gasteiger partial charge in [0.1, 0.15) is 5.41 Å². The van der Waals surface area contributed by atoms with Gasteiger partial charge in [-0.25, -0.2) is 4.79 Å². The lowest BCUT2D eigenvalue weighted by Gasteiger charge is -2.34. The fourth-order valence-electron chi connectivity index (χ4n) is 1.42. The third-order valence-corrected chi connectivity index (χ3v) is 2.54. The van der Waals surface area contributed by atoms with Crippen LogP contribution in [-0.4, -0.2) is 43.0 Å². The van der Waals surface area contributed by atoms with Gasteiger partial charge in [-0.1, -0.05) is 0 Å². The zero-order valence-corrected chi connectivity index (χ0v) is 9.70. The van der Waals surface area contributed by atoms with Crippen LogP contribution in [0, 0.1) is 5.41 Å². The SMILES string of the molecule is COCCCN1C(=O)NC(=O)C(C)(C)C1=O. The highest BCUT2D eigenvalue weighted by atomic mass is 16.5. The van der Waals surface area contributed by atoms with Crippen molar-refractivity contribution in [1.29, 1.82) is 0 Å². The van der Waals surface area contributed by atoms with Crippen LogP contribution in [0.4, 0.5) is 4.79 Å². The lowest BCUT2D eigenvalue weighted by atomic mass is 9.89. The van der Waals surface area contributed by atoms with Gasteiger partial charge in [-0.15, -0.1) is 0 Å². The van der Waals surface area contributed by atoms with Gasteiger partial charge in [0.25, 0.3) is 0 Å². The van der Waals surface area contributed by atoms with Crippen LogP contribution in [0.1, 0.15) is 20.3 Å². The Bertz CT molecular complexity index is 325. The molecule has 1 fully saturated rings. The van der Waals surface area contributed by atoms with Gasteiger partial charge >= 0.3 is 6.03 Å². The number of nitrogens with one attached hydrogen (secondary N) is 1. The molecular weight excluding hydrogens is 212 g/mol. The zero-order valence-electron chi connectivity index (χ0n) is 9.70. The fraction of sp³-hybridized carbons (Fsp3) is 0.700. The van der Waals surface area contributed by atoms with E-state index in [4.69, 9.17) is 4.74 Å². The van der Waals surface area contributed by atoms with Crippen molar-refractivity contribution in [3.63, 3.8) is 0 Å². The van der Waals surface area contributed by atoms with Crippen LogP contribution in [0.15, 0.2) is 0 Å². The molecule has 1 aliphatic rings. The molecule has 1 heterocycles. The second-order valence-corrected chi connectivity index (χ2v) is 4.19. The highest BCUT2D eigenvalue weighted by molar-refractivity contribution is 6.18. The van der Waals surface area contributed by atoms with Gasteiger partial charge in [0.15, 0.2) is 0 Å². The van der Waals surface area contributed by atoms with Gasteiger partial charge in [-0.05, 0) is 20.3 Å². The molecule has 1 aliphatic heterocycles. The van der Waals surface area contributed by atoms with Gasteiger partial charge < -0.3 is 4.74 Å². The van der Waals surface area contributed by atoms with Gasteiger partial charge in [0.2, 0.25) is 11.8 Å². The highest BCUT2D eigenvalue weighted by Gasteiger charge is 2.46. The number of rotatable bonds is 4. The van der Waals surface area contributed by atoms with E-state index < -0.39 is 23.3 Å². The van der Waals surface area contributed by atoms with E-state index in [9.17, 15) is 14.4 Å². The molecule has 6 nitrogen and oxygen atoms in total. The molecule has 16 heavy (non-hydrogen) atoms. The quantitative estimate of drug-likeness (QED) is 0.548. The number of methoxy groups -OCH3 is 1. The summed E-state index contributed by atoms with van der Waals surface area (Å²) < 4.78 is 4.84. The molecule has 0 bridgehead atoms. The van der Waals surface area contributed by atoms with Crippen LogP contribution in [0.25, 0.3) is 0 Å². The van der Waals surface area contributed by atoms with Gasteiger partial charge in [0.05, 0.1) is 0 Å². The Morgan fingerprint density at radius 1 is 1.31 bits per heavy atom. The average molecular weight is 228 g/mol. The molecule has 90 valence electrons. The van der Waals surface area contributed by atoms with E-state index in [1.165, 1.54) is 13.8 Å². The first kappa shape index (κ1) is 12.6. The molecule has 1 rings (SSSR count). The second-order valence-electron chi connectivity index (χ2n) is 4.19. The number of imide groups is 2. The third kappa shape index (κ3) is 2.21. The summed E-state index contributed by atoms with van der Waals surface area (Å²) in [6.07, 6.45) is 0.555. The highest BCUT2D eigenvalue weighted by Crippen LogP contribution is 2.23. The summed E-state index contributed by atoms with van der Waals surface area (Å²) in [5, 5.41) is 2.16. The van der Waals surface area contributed by atoms with Crippen LogP contribution in [0.2, 0.25) is 0 Å². The Kier molecular flexibility index (Phi) is 3.64. The van der Waals surface area contributed by atoms with Gasteiger partial charge in [0, 0.05) is 20.3 Å². The standard InChI is InChI=1S/C10H16N2O4/c1-10(2)7(13)11-9(15)12(8(10)14)5-4-6-16-3/h4-6H2,1-3H3,(H,11,13,15). The monoisotopic (exact) mass is 228 g/mol. The molecule has 0 radical (unpaired) electrons. The number of urea groups is 1. The summed E-state index contributed by atoms with van der Waals surface area (Å²) in [5.74, 6) is -1.01. The summed E-state index contributed by atoms with van der Waals surface area (Å²) in [6, 6.07) is -0.648. The van der Waals surface area contributed by atoms with E-state index in [2.05, 4.69) is 5.32 Å². The van der Waals surface area contributed by atoms with Crippen LogP contribution in [-0.2, 0) is 14.3 Å². The minimum Gasteiger partial charge on any atom is -0.385 e. The minimum atomic E-state index is -1.18. The van der Waals surface area contributed by atoms with Crippen molar-refractivity contribution < 1.29 is 19.1 Å². The molecule has 0 aromatic heterocycles. The molecule has 0 aliphatic carbocycles. The summed E-state index contributed by atoms with van der Waals surface area (Å²) in [6.45, 7) is 3.72. The van der Waals surface area contributed by atoms with Gasteiger partial charge in [-0.2, -0.15) is 0 Å². The lowest BCUT2D eigenvalue weighted by Crippen LogP contribution is -2.62. The topological polar surface area (TPSA) is 75.7 Å². The Morgan fingerprint density at radius 2 is 1.94 bits per heavy atom. The van der Waals surface area contributed by atoms with E-state index in [1.54, 1.807) is 7.11 Å². The van der Waals surface area contributed by atoms with Crippen molar-refractivity contribution in [2.75, 3.05) is 20.3 Å². The maximum absolute atomic E-state index is 11.9. The summed E-state index contributed by atoms with van der Waals surface area (Å²) >= 11 is 0. The summed E-state index contributed by atoms with van der Waals surface area (Å²) in [5.41, 5.74) is -1.18. The van der Waals surface area contributed by atoms with E-state index in [0.717, 1.165) is 4.90 Å². The van der Waals surface area contributed by atoms with Crippen molar-refractivity contribution in [2.45, 2.75) is 20.3 Å². The molecule has 0 atom stereocenters. The maximum Gasteiger partial charge on any atom is 0.330 e. The first-order valence-corrected chi connectivity index (χ1v) is 5.07. The smallest absolute Gasteiger partial charge is 0.330 e. The van der Waals surface area contributed by atoms with Crippen molar-refractivity contribution in [2.24, 2.45) is 5.41 Å². The summed E-state index contributed by atoms with van der Waals surface area (Å²) in [4.78, 5) is 35.8. The lowest BCUT2D eigenvalue weighted by molar-refractivity contribution is -0.149. The Labute approximate surface area is 93.9 Å². The average Bonchev–Trinajstić information content (AvgIpc) is 2.21. The largest absolute Gasteiger partial charge is 0.385 e. The number of hydrogen-bond acceptors (Lipinski definition) is 4. The van der Waals surface area contributed by atoms with Crippen LogP contribution >= 0.6 is 0 Å². The van der Waals surface area contributed by atoms with Crippen molar-refractivity contribution in [3.8, 4) is 0 Å². The predicted molar refractivity (Wildman–Crippen MR) is 55.5 cm³/mol. The van der Waals surface area contributed by atoms with Crippen molar-refractivity contribution in [3.05, 3.63) is 0 Å². The Hall–Kier alpha value is -1.43. The van der Waals surface area contributed by atoms with E-state index in [-0.39, 0.29) is 6.54 Å². The molecule has 1 saturated heterocycles. The van der Waals surface area contributed by atoms with Gasteiger partial charge in [-0.3, -0.25) is 19.8 Å². The first-order chi connectivity index (χ1) is 7.41. The predicted octanol–water partition coefficient (Wildman–Crippen LogP) is 0.127. The van der Waals surface area contributed by atoms with Crippen LogP contribution in [0.3, 0.4) is 0 Å². The molecule has 0 unspecified atom stereocenters. The minimum absolute atomic E-state index is 0.259. The zero-order chi connectivity index (χ0) is 12.3. The maximum atomic E-state index is 11.9. The molecule has 6 heteroatoms. The van der Waals surface area contributed by atoms with E-state index in [0.29, 0.717) is 13.0 Å². The normalized spacial score (nSPS) is 19.9. The molecule has 0 spiro atoms. The van der Waals surface area contributed by atoms with Crippen LogP contribution < -0.4 is 5.32 Å². The third-order valence-electron chi connectivity index (χ3n) is 2.54. The fourth-order valence-corrected chi connectivity index (χ4v) is 1.42. The summed E-state index contributed by atoms with van der Waals surface area (Å²) in [7, 11) is 1.55. The number of amides is 4. The molecule has 0 saturated carbocycles. The molecule has 0 aromatic rings. The van der Waals surface area contributed by atoms with Crippen molar-refractivity contribution >= 4 is 17.8 Å². The number of hydrogen-bond donors (Lipinski definition) is 1.